The summed E-state index contributed by atoms with van der Waals surface area (Å²) < 4.78 is 2.49. The van der Waals surface area contributed by atoms with Crippen LogP contribution in [-0.4, -0.2) is 29.1 Å². The van der Waals surface area contributed by atoms with E-state index < -0.39 is 0 Å². The van der Waals surface area contributed by atoms with E-state index in [0.717, 1.165) is 0 Å². The van der Waals surface area contributed by atoms with Crippen molar-refractivity contribution in [3.8, 4) is 0 Å². The molecule has 0 spiro atoms. The van der Waals surface area contributed by atoms with Crippen LogP contribution < -0.4 is 0 Å². The maximum absolute atomic E-state index is 2.64. The Kier molecular flexibility index (Phi) is 6.15. The molecule has 1 aliphatic heterocycles. The Morgan fingerprint density at radius 2 is 1.48 bits per heavy atom. The normalized spacial score (nSPS) is 15.7. The van der Waals surface area contributed by atoms with Gasteiger partial charge in [0, 0.05) is 17.8 Å². The van der Waals surface area contributed by atoms with Gasteiger partial charge in [0.1, 0.15) is 0 Å². The summed E-state index contributed by atoms with van der Waals surface area (Å²) in [5, 5.41) is 1.38. The van der Waals surface area contributed by atoms with Crippen molar-refractivity contribution in [2.45, 2.75) is 64.8 Å². The first-order valence-corrected chi connectivity index (χ1v) is 9.62. The van der Waals surface area contributed by atoms with Gasteiger partial charge in [0.25, 0.3) is 0 Å². The van der Waals surface area contributed by atoms with Crippen LogP contribution in [0.3, 0.4) is 0 Å². The van der Waals surface area contributed by atoms with Gasteiger partial charge in [-0.05, 0) is 69.8 Å². The number of fused-ring (bicyclic) bond motifs is 1. The molecule has 2 heterocycles. The Morgan fingerprint density at radius 1 is 0.826 bits per heavy atom. The van der Waals surface area contributed by atoms with Crippen molar-refractivity contribution in [1.29, 1.82) is 0 Å². The molecule has 0 radical (unpaired) electrons. The maximum Gasteiger partial charge on any atom is 0.0482 e. The van der Waals surface area contributed by atoms with Crippen LogP contribution in [0.5, 0.6) is 0 Å². The highest BCUT2D eigenvalue weighted by Crippen LogP contribution is 2.20. The molecule has 1 aromatic heterocycles. The molecule has 1 aliphatic rings. The first-order valence-electron chi connectivity index (χ1n) is 9.62. The van der Waals surface area contributed by atoms with Gasteiger partial charge in [0.15, 0.2) is 0 Å². The van der Waals surface area contributed by atoms with E-state index in [1.54, 1.807) is 0 Å². The maximum atomic E-state index is 2.64. The van der Waals surface area contributed by atoms with E-state index in [1.165, 1.54) is 94.1 Å². The Bertz CT molecular complexity index is 593. The number of likely N-dealkylation sites (tertiary alicyclic amines) is 1. The standard InChI is InChI=1S/C21H32N2/c1-19-18-20-12-6-7-13-21(20)23(19)17-9-5-3-2-4-8-14-22-15-10-11-16-22/h6-7,12-13,18H,2-5,8-11,14-17H2,1H3. The highest BCUT2D eigenvalue weighted by Gasteiger charge is 2.10. The Labute approximate surface area is 141 Å². The molecule has 126 valence electrons. The fraction of sp³-hybridized carbons (Fsp3) is 0.619. The van der Waals surface area contributed by atoms with Gasteiger partial charge in [-0.15, -0.1) is 0 Å². The number of hydrogen-bond donors (Lipinski definition) is 0. The Balaban J connectivity index is 1.29. The number of aromatic nitrogens is 1. The monoisotopic (exact) mass is 312 g/mol. The van der Waals surface area contributed by atoms with Crippen LogP contribution in [0.2, 0.25) is 0 Å². The molecule has 0 aliphatic carbocycles. The van der Waals surface area contributed by atoms with Gasteiger partial charge < -0.3 is 9.47 Å². The quantitative estimate of drug-likeness (QED) is 0.564. The van der Waals surface area contributed by atoms with Crippen molar-refractivity contribution >= 4 is 10.9 Å². The molecule has 1 aromatic carbocycles. The highest BCUT2D eigenvalue weighted by molar-refractivity contribution is 5.81. The second-order valence-corrected chi connectivity index (χ2v) is 7.17. The van der Waals surface area contributed by atoms with Crippen molar-refractivity contribution in [3.63, 3.8) is 0 Å². The molecule has 2 nitrogen and oxygen atoms in total. The summed E-state index contributed by atoms with van der Waals surface area (Å²) in [6, 6.07) is 11.1. The molecule has 0 atom stereocenters. The van der Waals surface area contributed by atoms with Gasteiger partial charge in [-0.2, -0.15) is 0 Å². The summed E-state index contributed by atoms with van der Waals surface area (Å²) in [7, 11) is 0. The fourth-order valence-corrected chi connectivity index (χ4v) is 3.96. The number of benzene rings is 1. The second kappa shape index (κ2) is 8.54. The van der Waals surface area contributed by atoms with Crippen LogP contribution >= 0.6 is 0 Å². The topological polar surface area (TPSA) is 8.17 Å². The molecule has 0 unspecified atom stereocenters. The van der Waals surface area contributed by atoms with Gasteiger partial charge in [-0.1, -0.05) is 43.9 Å². The van der Waals surface area contributed by atoms with Gasteiger partial charge >= 0.3 is 0 Å². The van der Waals surface area contributed by atoms with Crippen LogP contribution in [0.1, 0.15) is 57.1 Å². The van der Waals surface area contributed by atoms with Crippen LogP contribution in [0.15, 0.2) is 30.3 Å². The molecule has 1 saturated heterocycles. The molecule has 23 heavy (non-hydrogen) atoms. The van der Waals surface area contributed by atoms with Gasteiger partial charge in [-0.3, -0.25) is 0 Å². The number of rotatable bonds is 9. The van der Waals surface area contributed by atoms with E-state index in [9.17, 15) is 0 Å². The average Bonchev–Trinajstić information content (AvgIpc) is 3.17. The summed E-state index contributed by atoms with van der Waals surface area (Å²) in [4.78, 5) is 2.64. The molecule has 2 heteroatoms. The van der Waals surface area contributed by atoms with Gasteiger partial charge in [0.05, 0.1) is 0 Å². The first kappa shape index (κ1) is 16.6. The lowest BCUT2D eigenvalue weighted by Gasteiger charge is -2.13. The molecular weight excluding hydrogens is 280 g/mol. The van der Waals surface area contributed by atoms with Crippen molar-refractivity contribution in [2.75, 3.05) is 19.6 Å². The van der Waals surface area contributed by atoms with Crippen LogP contribution in [-0.2, 0) is 6.54 Å². The van der Waals surface area contributed by atoms with Crippen LogP contribution in [0.25, 0.3) is 10.9 Å². The number of unbranched alkanes of at least 4 members (excludes halogenated alkanes) is 5. The summed E-state index contributed by atoms with van der Waals surface area (Å²) in [5.41, 5.74) is 2.80. The predicted molar refractivity (Wildman–Crippen MR) is 100 cm³/mol. The number of hydrogen-bond acceptors (Lipinski definition) is 1. The van der Waals surface area contributed by atoms with E-state index in [1.807, 2.05) is 0 Å². The lowest BCUT2D eigenvalue weighted by Crippen LogP contribution is -2.20. The molecule has 3 rings (SSSR count). The van der Waals surface area contributed by atoms with E-state index >= 15 is 0 Å². The van der Waals surface area contributed by atoms with Crippen molar-refractivity contribution < 1.29 is 0 Å². The van der Waals surface area contributed by atoms with E-state index in [0.29, 0.717) is 0 Å². The highest BCUT2D eigenvalue weighted by atomic mass is 15.1. The van der Waals surface area contributed by atoms with E-state index in [2.05, 4.69) is 46.7 Å². The Hall–Kier alpha value is -1.28. The lowest BCUT2D eigenvalue weighted by atomic mass is 10.1. The summed E-state index contributed by atoms with van der Waals surface area (Å²) in [6.45, 7) is 7.45. The fourth-order valence-electron chi connectivity index (χ4n) is 3.96. The number of para-hydroxylation sites is 1. The van der Waals surface area contributed by atoms with Crippen LogP contribution in [0, 0.1) is 6.92 Å². The summed E-state index contributed by atoms with van der Waals surface area (Å²) in [6.07, 6.45) is 11.2. The largest absolute Gasteiger partial charge is 0.345 e. The third-order valence-corrected chi connectivity index (χ3v) is 5.32. The van der Waals surface area contributed by atoms with Gasteiger partial charge in [0.2, 0.25) is 0 Å². The smallest absolute Gasteiger partial charge is 0.0482 e. The van der Waals surface area contributed by atoms with E-state index in [4.69, 9.17) is 0 Å². The summed E-state index contributed by atoms with van der Waals surface area (Å²) in [5.74, 6) is 0. The number of nitrogens with zero attached hydrogens (tertiary/aromatic N) is 2. The van der Waals surface area contributed by atoms with Crippen molar-refractivity contribution in [2.24, 2.45) is 0 Å². The minimum absolute atomic E-state index is 1.17. The Morgan fingerprint density at radius 3 is 2.26 bits per heavy atom. The predicted octanol–water partition coefficient (Wildman–Crippen LogP) is 5.39. The molecule has 2 aromatic rings. The molecule has 0 saturated carbocycles. The average molecular weight is 313 g/mol. The summed E-state index contributed by atoms with van der Waals surface area (Å²) >= 11 is 0. The van der Waals surface area contributed by atoms with Gasteiger partial charge in [-0.25, -0.2) is 0 Å². The molecule has 0 bridgehead atoms. The van der Waals surface area contributed by atoms with Crippen LogP contribution in [0.4, 0.5) is 0 Å². The molecular formula is C21H32N2. The third-order valence-electron chi connectivity index (χ3n) is 5.32. The van der Waals surface area contributed by atoms with E-state index in [-0.39, 0.29) is 0 Å². The van der Waals surface area contributed by atoms with Crippen molar-refractivity contribution in [3.05, 3.63) is 36.0 Å². The molecule has 0 amide bonds. The zero-order valence-corrected chi connectivity index (χ0v) is 14.8. The minimum Gasteiger partial charge on any atom is -0.345 e. The zero-order chi connectivity index (χ0) is 15.9. The van der Waals surface area contributed by atoms with Crippen molar-refractivity contribution in [1.82, 2.24) is 9.47 Å². The molecule has 1 fully saturated rings. The number of aryl methyl sites for hydroxylation is 2. The minimum atomic E-state index is 1.17. The molecule has 0 N–H and O–H groups in total. The first-order chi connectivity index (χ1) is 11.3. The zero-order valence-electron chi connectivity index (χ0n) is 14.8. The second-order valence-electron chi connectivity index (χ2n) is 7.17. The third kappa shape index (κ3) is 4.60. The SMILES string of the molecule is Cc1cc2ccccc2n1CCCCCCCCN1CCCC1. The lowest BCUT2D eigenvalue weighted by molar-refractivity contribution is 0.327.